The fourth-order valence-electron chi connectivity index (χ4n) is 2.20. The highest BCUT2D eigenvalue weighted by Crippen LogP contribution is 2.34. The van der Waals surface area contributed by atoms with E-state index in [1.54, 1.807) is 18.2 Å². The van der Waals surface area contributed by atoms with E-state index in [4.69, 9.17) is 16.3 Å². The third kappa shape index (κ3) is 3.66. The maximum absolute atomic E-state index is 13.5. The Hall–Kier alpha value is -2.80. The van der Waals surface area contributed by atoms with Crippen LogP contribution in [0.15, 0.2) is 60.8 Å². The van der Waals surface area contributed by atoms with E-state index in [-0.39, 0.29) is 11.4 Å². The largest absolute Gasteiger partial charge is 0.434 e. The third-order valence-electron chi connectivity index (χ3n) is 3.28. The molecule has 8 heteroatoms. The van der Waals surface area contributed by atoms with Crippen molar-refractivity contribution < 1.29 is 22.7 Å². The van der Waals surface area contributed by atoms with Crippen molar-refractivity contribution in [2.75, 3.05) is 0 Å². The number of nitrogens with zero attached hydrogens (tertiary/aromatic N) is 2. The predicted octanol–water partition coefficient (Wildman–Crippen LogP) is 4.76. The van der Waals surface area contributed by atoms with Crippen molar-refractivity contribution in [3.8, 4) is 11.4 Å². The first kappa shape index (κ1) is 17.0. The van der Waals surface area contributed by atoms with E-state index in [1.165, 1.54) is 36.4 Å². The molecule has 0 bridgehead atoms. The summed E-state index contributed by atoms with van der Waals surface area (Å²) >= 11 is 5.72. The number of para-hydroxylation sites is 1. The summed E-state index contributed by atoms with van der Waals surface area (Å²) in [5.74, 6) is -1.08. The van der Waals surface area contributed by atoms with Gasteiger partial charge in [0.1, 0.15) is 11.3 Å². The molecule has 0 N–H and O–H groups in total. The summed E-state index contributed by atoms with van der Waals surface area (Å²) in [6, 6.07) is 13.4. The van der Waals surface area contributed by atoms with Crippen molar-refractivity contribution >= 4 is 17.6 Å². The molecule has 1 aromatic heterocycles. The number of rotatable bonds is 3. The zero-order valence-electron chi connectivity index (χ0n) is 12.5. The molecule has 25 heavy (non-hydrogen) atoms. The van der Waals surface area contributed by atoms with Gasteiger partial charge in [-0.1, -0.05) is 29.8 Å². The normalized spacial score (nSPS) is 11.4. The van der Waals surface area contributed by atoms with Crippen molar-refractivity contribution in [3.63, 3.8) is 0 Å². The second kappa shape index (κ2) is 6.60. The number of halogens is 4. The van der Waals surface area contributed by atoms with Gasteiger partial charge in [-0.3, -0.25) is 0 Å². The Morgan fingerprint density at radius 2 is 1.68 bits per heavy atom. The van der Waals surface area contributed by atoms with Crippen molar-refractivity contribution in [3.05, 3.63) is 77.1 Å². The van der Waals surface area contributed by atoms with Gasteiger partial charge >= 0.3 is 12.1 Å². The van der Waals surface area contributed by atoms with Gasteiger partial charge in [-0.25, -0.2) is 9.48 Å². The Morgan fingerprint density at radius 3 is 2.28 bits per heavy atom. The molecule has 0 atom stereocenters. The van der Waals surface area contributed by atoms with Crippen LogP contribution in [0, 0.1) is 0 Å². The molecule has 0 radical (unpaired) electrons. The van der Waals surface area contributed by atoms with Gasteiger partial charge in [0.2, 0.25) is 0 Å². The molecule has 0 fully saturated rings. The molecule has 0 spiro atoms. The van der Waals surface area contributed by atoms with Crippen molar-refractivity contribution in [1.29, 1.82) is 0 Å². The van der Waals surface area contributed by atoms with E-state index in [0.717, 1.165) is 6.20 Å². The molecular weight excluding hydrogens is 357 g/mol. The highest BCUT2D eigenvalue weighted by molar-refractivity contribution is 6.30. The molecule has 0 amide bonds. The van der Waals surface area contributed by atoms with Gasteiger partial charge in [0, 0.05) is 5.02 Å². The lowest BCUT2D eigenvalue weighted by atomic mass is 10.2. The van der Waals surface area contributed by atoms with Crippen LogP contribution in [-0.2, 0) is 6.18 Å². The highest BCUT2D eigenvalue weighted by atomic mass is 35.5. The SMILES string of the molecule is O=C(Oc1ccc(Cl)cc1)c1cnn(-c2ccccc2)c1C(F)(F)F. The van der Waals surface area contributed by atoms with Gasteiger partial charge in [-0.2, -0.15) is 18.3 Å². The van der Waals surface area contributed by atoms with Gasteiger partial charge in [-0.05, 0) is 36.4 Å². The first-order valence-electron chi connectivity index (χ1n) is 7.04. The number of aromatic nitrogens is 2. The Kier molecular flexibility index (Phi) is 4.50. The van der Waals surface area contributed by atoms with Crippen LogP contribution in [-0.4, -0.2) is 15.7 Å². The molecule has 4 nitrogen and oxygen atoms in total. The zero-order chi connectivity index (χ0) is 18.0. The van der Waals surface area contributed by atoms with Gasteiger partial charge in [0.15, 0.2) is 5.69 Å². The maximum Gasteiger partial charge on any atom is 0.434 e. The summed E-state index contributed by atoms with van der Waals surface area (Å²) in [6.07, 6.45) is -3.95. The first-order valence-corrected chi connectivity index (χ1v) is 7.42. The standard InChI is InChI=1S/C17H10ClF3N2O2/c18-11-6-8-13(9-7-11)25-16(24)14-10-22-23(15(14)17(19,20)21)12-4-2-1-3-5-12/h1-10H. The number of hydrogen-bond acceptors (Lipinski definition) is 3. The lowest BCUT2D eigenvalue weighted by molar-refractivity contribution is -0.143. The number of carbonyl (C=O) groups excluding carboxylic acids is 1. The molecule has 0 saturated heterocycles. The Bertz CT molecular complexity index is 891. The van der Waals surface area contributed by atoms with E-state index in [2.05, 4.69) is 5.10 Å². The van der Waals surface area contributed by atoms with Crippen molar-refractivity contribution in [1.82, 2.24) is 9.78 Å². The molecule has 0 aliphatic carbocycles. The fourth-order valence-corrected chi connectivity index (χ4v) is 2.33. The van der Waals surface area contributed by atoms with Crippen LogP contribution in [0.1, 0.15) is 16.1 Å². The Balaban J connectivity index is 2.00. The predicted molar refractivity (Wildman–Crippen MR) is 85.0 cm³/mol. The zero-order valence-corrected chi connectivity index (χ0v) is 13.3. The lowest BCUT2D eigenvalue weighted by Crippen LogP contribution is -2.19. The second-order valence-electron chi connectivity index (χ2n) is 5.00. The van der Waals surface area contributed by atoms with E-state index < -0.39 is 23.4 Å². The van der Waals surface area contributed by atoms with Crippen LogP contribution in [0.3, 0.4) is 0 Å². The van der Waals surface area contributed by atoms with Crippen LogP contribution in [0.2, 0.25) is 5.02 Å². The van der Waals surface area contributed by atoms with E-state index >= 15 is 0 Å². The van der Waals surface area contributed by atoms with Gasteiger partial charge in [-0.15, -0.1) is 0 Å². The van der Waals surface area contributed by atoms with E-state index in [9.17, 15) is 18.0 Å². The lowest BCUT2D eigenvalue weighted by Gasteiger charge is -2.12. The molecular formula is C17H10ClF3N2O2. The summed E-state index contributed by atoms with van der Waals surface area (Å²) in [4.78, 5) is 12.2. The van der Waals surface area contributed by atoms with Gasteiger partial charge < -0.3 is 4.74 Å². The summed E-state index contributed by atoms with van der Waals surface area (Å²) in [7, 11) is 0. The third-order valence-corrected chi connectivity index (χ3v) is 3.53. The average Bonchev–Trinajstić information content (AvgIpc) is 3.03. The second-order valence-corrected chi connectivity index (χ2v) is 5.43. The first-order chi connectivity index (χ1) is 11.9. The monoisotopic (exact) mass is 366 g/mol. The van der Waals surface area contributed by atoms with Gasteiger partial charge in [0.05, 0.1) is 11.9 Å². The molecule has 0 saturated carbocycles. The van der Waals surface area contributed by atoms with E-state index in [1.807, 2.05) is 0 Å². The van der Waals surface area contributed by atoms with Crippen molar-refractivity contribution in [2.24, 2.45) is 0 Å². The number of alkyl halides is 3. The highest BCUT2D eigenvalue weighted by Gasteiger charge is 2.41. The summed E-state index contributed by atoms with van der Waals surface area (Å²) in [5.41, 5.74) is -1.69. The molecule has 0 unspecified atom stereocenters. The summed E-state index contributed by atoms with van der Waals surface area (Å²) in [6.45, 7) is 0. The van der Waals surface area contributed by atoms with Gasteiger partial charge in [0.25, 0.3) is 0 Å². The number of carbonyl (C=O) groups is 1. The van der Waals surface area contributed by atoms with Crippen LogP contribution >= 0.6 is 11.6 Å². The quantitative estimate of drug-likeness (QED) is 0.495. The number of esters is 1. The Morgan fingerprint density at radius 1 is 1.04 bits per heavy atom. The van der Waals surface area contributed by atoms with Crippen LogP contribution in [0.25, 0.3) is 5.69 Å². The average molecular weight is 367 g/mol. The molecule has 128 valence electrons. The topological polar surface area (TPSA) is 44.1 Å². The summed E-state index contributed by atoms with van der Waals surface area (Å²) < 4.78 is 46.1. The molecule has 3 rings (SSSR count). The minimum Gasteiger partial charge on any atom is -0.423 e. The maximum atomic E-state index is 13.5. The molecule has 3 aromatic rings. The van der Waals surface area contributed by atoms with Crippen molar-refractivity contribution in [2.45, 2.75) is 6.18 Å². The van der Waals surface area contributed by atoms with E-state index in [0.29, 0.717) is 9.70 Å². The molecule has 0 aliphatic heterocycles. The Labute approximate surface area is 145 Å². The minimum atomic E-state index is -4.79. The van der Waals surface area contributed by atoms with Crippen LogP contribution < -0.4 is 4.74 Å². The smallest absolute Gasteiger partial charge is 0.423 e. The molecule has 1 heterocycles. The number of hydrogen-bond donors (Lipinski definition) is 0. The minimum absolute atomic E-state index is 0.0787. The summed E-state index contributed by atoms with van der Waals surface area (Å²) in [5, 5.41) is 4.11. The molecule has 2 aromatic carbocycles. The number of benzene rings is 2. The van der Waals surface area contributed by atoms with Crippen LogP contribution in [0.5, 0.6) is 5.75 Å². The number of ether oxygens (including phenoxy) is 1. The molecule has 0 aliphatic rings. The fraction of sp³-hybridized carbons (Fsp3) is 0.0588. The van der Waals surface area contributed by atoms with Crippen LogP contribution in [0.4, 0.5) is 13.2 Å².